The van der Waals surface area contributed by atoms with E-state index in [4.69, 9.17) is 0 Å². The number of hydrogen-bond acceptors (Lipinski definition) is 2. The lowest BCUT2D eigenvalue weighted by molar-refractivity contribution is -0.131. The molecule has 2 saturated heterocycles. The van der Waals surface area contributed by atoms with Crippen LogP contribution in [0.4, 0.5) is 0 Å². The van der Waals surface area contributed by atoms with Gasteiger partial charge >= 0.3 is 0 Å². The van der Waals surface area contributed by atoms with Gasteiger partial charge < -0.3 is 4.90 Å². The van der Waals surface area contributed by atoms with Crippen molar-refractivity contribution in [3.63, 3.8) is 0 Å². The number of carbonyl (C=O) groups excluding carboxylic acids is 1. The van der Waals surface area contributed by atoms with E-state index in [1.807, 2.05) is 0 Å². The summed E-state index contributed by atoms with van der Waals surface area (Å²) in [5, 5.41) is 0. The van der Waals surface area contributed by atoms with Crippen molar-refractivity contribution < 1.29 is 4.79 Å². The van der Waals surface area contributed by atoms with Crippen LogP contribution in [0.1, 0.15) is 40.5 Å². The van der Waals surface area contributed by atoms with E-state index in [9.17, 15) is 4.79 Å². The summed E-state index contributed by atoms with van der Waals surface area (Å²) in [5.41, 5.74) is 0.248. The first-order valence-corrected chi connectivity index (χ1v) is 6.47. The highest BCUT2D eigenvalue weighted by Crippen LogP contribution is 2.30. The predicted molar refractivity (Wildman–Crippen MR) is 65.2 cm³/mol. The summed E-state index contributed by atoms with van der Waals surface area (Å²) >= 11 is 0. The van der Waals surface area contributed by atoms with Crippen molar-refractivity contribution in [1.82, 2.24) is 9.80 Å². The fourth-order valence-corrected chi connectivity index (χ4v) is 2.75. The summed E-state index contributed by atoms with van der Waals surface area (Å²) in [6.07, 6.45) is 1.82. The second-order valence-electron chi connectivity index (χ2n) is 6.03. The zero-order valence-electron chi connectivity index (χ0n) is 11.0. The van der Waals surface area contributed by atoms with Crippen molar-refractivity contribution in [3.05, 3.63) is 0 Å². The standard InChI is InChI=1S/C13H24N2O/c1-10(2)13(3,4)14-7-8-15-11(9-14)5-6-12(15)16/h10-11H,5-9H2,1-4H3/t11-/m1/s1. The molecule has 0 N–H and O–H groups in total. The van der Waals surface area contributed by atoms with Gasteiger partial charge in [-0.15, -0.1) is 0 Å². The topological polar surface area (TPSA) is 23.6 Å². The number of fused-ring (bicyclic) bond motifs is 1. The van der Waals surface area contributed by atoms with Crippen molar-refractivity contribution in [2.45, 2.75) is 52.1 Å². The molecule has 16 heavy (non-hydrogen) atoms. The normalized spacial score (nSPS) is 27.7. The van der Waals surface area contributed by atoms with Crippen molar-refractivity contribution in [2.24, 2.45) is 5.92 Å². The minimum absolute atomic E-state index is 0.248. The molecule has 2 rings (SSSR count). The fraction of sp³-hybridized carbons (Fsp3) is 0.923. The second-order valence-corrected chi connectivity index (χ2v) is 6.03. The number of piperazine rings is 1. The van der Waals surface area contributed by atoms with Gasteiger partial charge in [0, 0.05) is 37.6 Å². The molecule has 0 aromatic carbocycles. The third-order valence-corrected chi connectivity index (χ3v) is 4.72. The van der Waals surface area contributed by atoms with Crippen molar-refractivity contribution in [1.29, 1.82) is 0 Å². The predicted octanol–water partition coefficient (Wildman–Crippen LogP) is 1.73. The van der Waals surface area contributed by atoms with E-state index < -0.39 is 0 Å². The number of nitrogens with zero attached hydrogens (tertiary/aromatic N) is 2. The molecule has 3 nitrogen and oxygen atoms in total. The minimum atomic E-state index is 0.248. The highest BCUT2D eigenvalue weighted by molar-refractivity contribution is 5.78. The van der Waals surface area contributed by atoms with Crippen molar-refractivity contribution in [2.75, 3.05) is 19.6 Å². The monoisotopic (exact) mass is 224 g/mol. The summed E-state index contributed by atoms with van der Waals surface area (Å²) in [5.74, 6) is 1.02. The average Bonchev–Trinajstić information content (AvgIpc) is 2.60. The number of amides is 1. The fourth-order valence-electron chi connectivity index (χ4n) is 2.75. The van der Waals surface area contributed by atoms with Gasteiger partial charge in [-0.25, -0.2) is 0 Å². The molecule has 2 aliphatic rings. The highest BCUT2D eigenvalue weighted by Gasteiger charge is 2.40. The first kappa shape index (κ1) is 11.9. The highest BCUT2D eigenvalue weighted by atomic mass is 16.2. The quantitative estimate of drug-likeness (QED) is 0.713. The van der Waals surface area contributed by atoms with Gasteiger partial charge in [-0.3, -0.25) is 9.69 Å². The molecule has 2 heterocycles. The van der Waals surface area contributed by atoms with Crippen LogP contribution in [0.2, 0.25) is 0 Å². The Morgan fingerprint density at radius 3 is 2.62 bits per heavy atom. The smallest absolute Gasteiger partial charge is 0.222 e. The molecule has 0 radical (unpaired) electrons. The Bertz CT molecular complexity index is 286. The maximum absolute atomic E-state index is 11.6. The van der Waals surface area contributed by atoms with E-state index in [2.05, 4.69) is 37.5 Å². The summed E-state index contributed by atoms with van der Waals surface area (Å²) in [6.45, 7) is 12.2. The molecule has 1 atom stereocenters. The Balaban J connectivity index is 2.04. The van der Waals surface area contributed by atoms with Crippen LogP contribution in [0.3, 0.4) is 0 Å². The van der Waals surface area contributed by atoms with Gasteiger partial charge in [-0.2, -0.15) is 0 Å². The van der Waals surface area contributed by atoms with Gasteiger partial charge in [-0.05, 0) is 26.2 Å². The molecule has 0 unspecified atom stereocenters. The first-order valence-electron chi connectivity index (χ1n) is 6.47. The lowest BCUT2D eigenvalue weighted by Crippen LogP contribution is -2.59. The van der Waals surface area contributed by atoms with Gasteiger partial charge in [0.05, 0.1) is 0 Å². The van der Waals surface area contributed by atoms with Gasteiger partial charge in [0.1, 0.15) is 0 Å². The molecule has 2 fully saturated rings. The minimum Gasteiger partial charge on any atom is -0.337 e. The molecule has 1 amide bonds. The molecular formula is C13H24N2O. The van der Waals surface area contributed by atoms with Gasteiger partial charge in [0.15, 0.2) is 0 Å². The van der Waals surface area contributed by atoms with Crippen LogP contribution in [0, 0.1) is 5.92 Å². The Hall–Kier alpha value is -0.570. The Kier molecular flexibility index (Phi) is 2.99. The Morgan fingerprint density at radius 2 is 2.00 bits per heavy atom. The molecule has 0 spiro atoms. The van der Waals surface area contributed by atoms with Crippen LogP contribution >= 0.6 is 0 Å². The molecule has 2 aliphatic heterocycles. The van der Waals surface area contributed by atoms with Crippen LogP contribution < -0.4 is 0 Å². The summed E-state index contributed by atoms with van der Waals surface area (Å²) < 4.78 is 0. The van der Waals surface area contributed by atoms with E-state index in [0.29, 0.717) is 17.9 Å². The van der Waals surface area contributed by atoms with E-state index in [1.54, 1.807) is 0 Å². The Labute approximate surface area is 98.8 Å². The molecule has 0 aromatic rings. The van der Waals surface area contributed by atoms with Gasteiger partial charge in [0.2, 0.25) is 5.91 Å². The summed E-state index contributed by atoms with van der Waals surface area (Å²) in [7, 11) is 0. The molecule has 3 heteroatoms. The van der Waals surface area contributed by atoms with Crippen LogP contribution in [-0.2, 0) is 4.79 Å². The maximum atomic E-state index is 11.6. The zero-order valence-corrected chi connectivity index (χ0v) is 11.0. The van der Waals surface area contributed by atoms with E-state index in [1.165, 1.54) is 0 Å². The second kappa shape index (κ2) is 4.02. The number of hydrogen-bond donors (Lipinski definition) is 0. The van der Waals surface area contributed by atoms with Crippen molar-refractivity contribution in [3.8, 4) is 0 Å². The third kappa shape index (κ3) is 1.86. The third-order valence-electron chi connectivity index (χ3n) is 4.72. The van der Waals surface area contributed by atoms with E-state index >= 15 is 0 Å². The molecule has 0 bridgehead atoms. The zero-order chi connectivity index (χ0) is 11.9. The molecule has 92 valence electrons. The molecule has 0 saturated carbocycles. The number of carbonyl (C=O) groups is 1. The van der Waals surface area contributed by atoms with Crippen LogP contribution in [0.15, 0.2) is 0 Å². The lowest BCUT2D eigenvalue weighted by Gasteiger charge is -2.48. The lowest BCUT2D eigenvalue weighted by atomic mass is 9.87. The van der Waals surface area contributed by atoms with Crippen LogP contribution in [0.25, 0.3) is 0 Å². The van der Waals surface area contributed by atoms with E-state index in [-0.39, 0.29) is 5.54 Å². The number of rotatable bonds is 2. The Morgan fingerprint density at radius 1 is 1.31 bits per heavy atom. The first-order chi connectivity index (χ1) is 7.43. The van der Waals surface area contributed by atoms with Crippen molar-refractivity contribution >= 4 is 5.91 Å². The van der Waals surface area contributed by atoms with Gasteiger partial charge in [0.25, 0.3) is 0 Å². The summed E-state index contributed by atoms with van der Waals surface area (Å²) in [6, 6.07) is 0.485. The maximum Gasteiger partial charge on any atom is 0.222 e. The van der Waals surface area contributed by atoms with Crippen LogP contribution in [0.5, 0.6) is 0 Å². The SMILES string of the molecule is CC(C)C(C)(C)N1CCN2C(=O)CC[C@@H]2C1. The largest absolute Gasteiger partial charge is 0.337 e. The average molecular weight is 224 g/mol. The molecule has 0 aromatic heterocycles. The van der Waals surface area contributed by atoms with Gasteiger partial charge in [-0.1, -0.05) is 13.8 Å². The summed E-state index contributed by atoms with van der Waals surface area (Å²) in [4.78, 5) is 16.3. The molecule has 0 aliphatic carbocycles. The van der Waals surface area contributed by atoms with Crippen LogP contribution in [-0.4, -0.2) is 46.9 Å². The molecular weight excluding hydrogens is 200 g/mol. The van der Waals surface area contributed by atoms with E-state index in [0.717, 1.165) is 32.5 Å².